The van der Waals surface area contributed by atoms with Gasteiger partial charge in [0.15, 0.2) is 11.5 Å². The van der Waals surface area contributed by atoms with E-state index >= 15 is 0 Å². The van der Waals surface area contributed by atoms with Crippen LogP contribution in [0.25, 0.3) is 0 Å². The predicted octanol–water partition coefficient (Wildman–Crippen LogP) is 3.19. The summed E-state index contributed by atoms with van der Waals surface area (Å²) in [7, 11) is 3.06. The van der Waals surface area contributed by atoms with Gasteiger partial charge >= 0.3 is 0 Å². The van der Waals surface area contributed by atoms with Crippen LogP contribution in [0.1, 0.15) is 5.56 Å². The summed E-state index contributed by atoms with van der Waals surface area (Å²) in [4.78, 5) is 12.2. The Kier molecular flexibility index (Phi) is 5.51. The lowest BCUT2D eigenvalue weighted by molar-refractivity contribution is -0.107. The van der Waals surface area contributed by atoms with Gasteiger partial charge in [0.25, 0.3) is 0 Å². The number of para-hydroxylation sites is 1. The smallest absolute Gasteiger partial charge is 0.214 e. The summed E-state index contributed by atoms with van der Waals surface area (Å²) >= 11 is 0. The first-order chi connectivity index (χ1) is 11.1. The molecule has 2 aromatic rings. The lowest BCUT2D eigenvalue weighted by Gasteiger charge is -2.19. The number of carbonyl (C=O) groups excluding carboxylic acids is 1. The number of ether oxygens (including phenoxy) is 2. The van der Waals surface area contributed by atoms with Crippen molar-refractivity contribution in [2.45, 2.75) is 6.42 Å². The second-order valence-corrected chi connectivity index (χ2v) is 4.81. The Hall–Kier alpha value is -2.63. The molecule has 1 amide bonds. The van der Waals surface area contributed by atoms with Crippen molar-refractivity contribution in [1.29, 1.82) is 0 Å². The van der Waals surface area contributed by atoms with Gasteiger partial charge in [-0.3, -0.25) is 4.79 Å². The summed E-state index contributed by atoms with van der Waals surface area (Å²) in [6.45, 7) is 0.136. The third-order valence-corrected chi connectivity index (χ3v) is 3.44. The van der Waals surface area contributed by atoms with Crippen molar-refractivity contribution in [1.82, 2.24) is 0 Å². The topological polar surface area (TPSA) is 38.8 Å². The zero-order chi connectivity index (χ0) is 16.8. The van der Waals surface area contributed by atoms with Crippen molar-refractivity contribution in [3.05, 3.63) is 53.6 Å². The van der Waals surface area contributed by atoms with Crippen molar-refractivity contribution in [2.24, 2.45) is 0 Å². The van der Waals surface area contributed by atoms with Crippen LogP contribution in [-0.4, -0.2) is 27.2 Å². The summed E-state index contributed by atoms with van der Waals surface area (Å²) in [6, 6.07) is 8.80. The van der Waals surface area contributed by atoms with Crippen LogP contribution in [0.5, 0.6) is 11.5 Å². The molecule has 23 heavy (non-hydrogen) atoms. The monoisotopic (exact) mass is 321 g/mol. The number of rotatable bonds is 7. The number of carbonyl (C=O) groups is 1. The number of nitrogens with zero attached hydrogens (tertiary/aromatic N) is 1. The van der Waals surface area contributed by atoms with E-state index in [0.717, 1.165) is 22.6 Å². The van der Waals surface area contributed by atoms with Gasteiger partial charge in [0, 0.05) is 6.54 Å². The number of hydrogen-bond acceptors (Lipinski definition) is 3. The van der Waals surface area contributed by atoms with Crippen LogP contribution >= 0.6 is 0 Å². The summed E-state index contributed by atoms with van der Waals surface area (Å²) in [5.74, 6) is -0.405. The first-order valence-electron chi connectivity index (χ1n) is 6.97. The molecule has 2 aromatic carbocycles. The molecule has 4 nitrogen and oxygen atoms in total. The molecule has 0 fully saturated rings. The van der Waals surface area contributed by atoms with Gasteiger partial charge in [-0.05, 0) is 36.2 Å². The number of amides is 1. The highest BCUT2D eigenvalue weighted by Gasteiger charge is 2.16. The zero-order valence-corrected chi connectivity index (χ0v) is 12.9. The van der Waals surface area contributed by atoms with Crippen molar-refractivity contribution in [3.8, 4) is 11.5 Å². The maximum absolute atomic E-state index is 13.8. The van der Waals surface area contributed by atoms with E-state index in [1.54, 1.807) is 12.1 Å². The maximum Gasteiger partial charge on any atom is 0.214 e. The first kappa shape index (κ1) is 16.7. The SMILES string of the molecule is COc1ccc(CCN(C=O)c2c(F)cccc2F)cc1OC. The summed E-state index contributed by atoms with van der Waals surface area (Å²) < 4.78 is 37.9. The van der Waals surface area contributed by atoms with Crippen molar-refractivity contribution >= 4 is 12.1 Å². The van der Waals surface area contributed by atoms with Gasteiger partial charge in [0.05, 0.1) is 14.2 Å². The fourth-order valence-electron chi connectivity index (χ4n) is 2.27. The van der Waals surface area contributed by atoms with Crippen LogP contribution < -0.4 is 14.4 Å². The van der Waals surface area contributed by atoms with Crippen LogP contribution in [-0.2, 0) is 11.2 Å². The van der Waals surface area contributed by atoms with E-state index in [1.807, 2.05) is 6.07 Å². The molecule has 0 atom stereocenters. The molecule has 0 radical (unpaired) electrons. The molecule has 0 N–H and O–H groups in total. The van der Waals surface area contributed by atoms with E-state index in [0.29, 0.717) is 24.3 Å². The molecule has 0 aliphatic carbocycles. The van der Waals surface area contributed by atoms with E-state index in [4.69, 9.17) is 9.47 Å². The largest absolute Gasteiger partial charge is 0.493 e. The summed E-state index contributed by atoms with van der Waals surface area (Å²) in [6.07, 6.45) is 0.828. The Bertz CT molecular complexity index is 671. The minimum absolute atomic E-state index is 0.136. The third-order valence-electron chi connectivity index (χ3n) is 3.44. The maximum atomic E-state index is 13.8. The fraction of sp³-hybridized carbons (Fsp3) is 0.235. The number of hydrogen-bond donors (Lipinski definition) is 0. The standard InChI is InChI=1S/C17H17F2NO3/c1-22-15-7-6-12(10-16(15)23-2)8-9-20(11-21)17-13(18)4-3-5-14(17)19/h3-7,10-11H,8-9H2,1-2H3. The Morgan fingerprint density at radius 2 is 1.70 bits per heavy atom. The fourth-order valence-corrected chi connectivity index (χ4v) is 2.27. The third kappa shape index (κ3) is 3.77. The van der Waals surface area contributed by atoms with E-state index in [1.165, 1.54) is 20.3 Å². The minimum Gasteiger partial charge on any atom is -0.493 e. The van der Waals surface area contributed by atoms with Gasteiger partial charge in [-0.1, -0.05) is 12.1 Å². The average molecular weight is 321 g/mol. The molecular formula is C17H17F2NO3. The minimum atomic E-state index is -0.774. The molecule has 122 valence electrons. The molecule has 0 aliphatic heterocycles. The molecule has 0 saturated carbocycles. The highest BCUT2D eigenvalue weighted by Crippen LogP contribution is 2.28. The molecule has 0 saturated heterocycles. The Morgan fingerprint density at radius 3 is 2.26 bits per heavy atom. The van der Waals surface area contributed by atoms with Gasteiger partial charge < -0.3 is 14.4 Å². The number of anilines is 1. The highest BCUT2D eigenvalue weighted by atomic mass is 19.1. The average Bonchev–Trinajstić information content (AvgIpc) is 2.57. The lowest BCUT2D eigenvalue weighted by Crippen LogP contribution is -2.26. The van der Waals surface area contributed by atoms with E-state index in [9.17, 15) is 13.6 Å². The zero-order valence-electron chi connectivity index (χ0n) is 12.9. The summed E-state index contributed by atoms with van der Waals surface area (Å²) in [5, 5.41) is 0. The Labute approximate surface area is 133 Å². The lowest BCUT2D eigenvalue weighted by atomic mass is 10.1. The molecule has 2 rings (SSSR count). The van der Waals surface area contributed by atoms with Gasteiger partial charge in [0.2, 0.25) is 6.41 Å². The van der Waals surface area contributed by atoms with E-state index in [2.05, 4.69) is 0 Å². The quantitative estimate of drug-likeness (QED) is 0.735. The Morgan fingerprint density at radius 1 is 1.04 bits per heavy atom. The molecular weight excluding hydrogens is 304 g/mol. The van der Waals surface area contributed by atoms with Crippen molar-refractivity contribution < 1.29 is 23.0 Å². The molecule has 0 heterocycles. The van der Waals surface area contributed by atoms with Gasteiger partial charge in [-0.15, -0.1) is 0 Å². The van der Waals surface area contributed by atoms with Crippen LogP contribution in [0.15, 0.2) is 36.4 Å². The summed E-state index contributed by atoms with van der Waals surface area (Å²) in [5.41, 5.74) is 0.509. The van der Waals surface area contributed by atoms with Gasteiger partial charge in [-0.2, -0.15) is 0 Å². The second-order valence-electron chi connectivity index (χ2n) is 4.81. The van der Waals surface area contributed by atoms with Crippen LogP contribution in [0.2, 0.25) is 0 Å². The second kappa shape index (κ2) is 7.58. The van der Waals surface area contributed by atoms with E-state index in [-0.39, 0.29) is 12.2 Å². The van der Waals surface area contributed by atoms with Gasteiger partial charge in [0.1, 0.15) is 17.3 Å². The molecule has 0 aromatic heterocycles. The van der Waals surface area contributed by atoms with Crippen LogP contribution in [0.4, 0.5) is 14.5 Å². The first-order valence-corrected chi connectivity index (χ1v) is 6.97. The molecule has 6 heteroatoms. The molecule has 0 aliphatic rings. The predicted molar refractivity (Wildman–Crippen MR) is 83.0 cm³/mol. The van der Waals surface area contributed by atoms with Gasteiger partial charge in [-0.25, -0.2) is 8.78 Å². The molecule has 0 spiro atoms. The Balaban J connectivity index is 2.17. The number of methoxy groups -OCH3 is 2. The molecule has 0 bridgehead atoms. The van der Waals surface area contributed by atoms with Crippen molar-refractivity contribution in [2.75, 3.05) is 25.7 Å². The normalized spacial score (nSPS) is 10.3. The van der Waals surface area contributed by atoms with E-state index < -0.39 is 11.6 Å². The highest BCUT2D eigenvalue weighted by molar-refractivity contribution is 5.75. The van der Waals surface area contributed by atoms with Crippen LogP contribution in [0.3, 0.4) is 0 Å². The van der Waals surface area contributed by atoms with Crippen molar-refractivity contribution in [3.63, 3.8) is 0 Å². The number of halogens is 2. The number of benzene rings is 2. The van der Waals surface area contributed by atoms with Crippen LogP contribution in [0, 0.1) is 11.6 Å². The molecule has 0 unspecified atom stereocenters.